The first-order valence-corrected chi connectivity index (χ1v) is 3.08. The van der Waals surface area contributed by atoms with E-state index in [1.807, 2.05) is 6.92 Å². The number of carbonyl (C=O) groups is 1. The summed E-state index contributed by atoms with van der Waals surface area (Å²) in [6, 6.07) is -0.206. The van der Waals surface area contributed by atoms with Gasteiger partial charge < -0.3 is 10.8 Å². The van der Waals surface area contributed by atoms with Gasteiger partial charge in [-0.15, -0.1) is 0 Å². The van der Waals surface area contributed by atoms with Crippen LogP contribution in [-0.2, 0) is 4.79 Å². The lowest BCUT2D eigenvalue weighted by molar-refractivity contribution is -0.141. The van der Waals surface area contributed by atoms with Crippen molar-refractivity contribution in [3.63, 3.8) is 0 Å². The standard InChI is InChI=1S/C6H13NO2/c1-3-5(7)4(2)6(8)9/h4-5H,3,7H2,1-2H3,(H,8,9)/t4-,5-/m0/s1. The second kappa shape index (κ2) is 3.45. The van der Waals surface area contributed by atoms with Gasteiger partial charge in [0.05, 0.1) is 5.92 Å². The highest BCUT2D eigenvalue weighted by atomic mass is 16.4. The summed E-state index contributed by atoms with van der Waals surface area (Å²) in [7, 11) is 0. The summed E-state index contributed by atoms with van der Waals surface area (Å²) in [4.78, 5) is 10.2. The Bertz CT molecular complexity index is 103. The molecule has 0 bridgehead atoms. The Kier molecular flexibility index (Phi) is 3.24. The molecule has 0 aliphatic heterocycles. The average Bonchev–Trinajstić information content (AvgIpc) is 1.84. The summed E-state index contributed by atoms with van der Waals surface area (Å²) in [6.45, 7) is 3.50. The van der Waals surface area contributed by atoms with E-state index in [1.165, 1.54) is 0 Å². The highest BCUT2D eigenvalue weighted by molar-refractivity contribution is 5.70. The van der Waals surface area contributed by atoms with Crippen LogP contribution in [0.2, 0.25) is 0 Å². The quantitative estimate of drug-likeness (QED) is 0.584. The van der Waals surface area contributed by atoms with Crippen molar-refractivity contribution in [1.82, 2.24) is 0 Å². The van der Waals surface area contributed by atoms with Crippen molar-refractivity contribution < 1.29 is 9.90 Å². The first-order valence-electron chi connectivity index (χ1n) is 3.08. The van der Waals surface area contributed by atoms with Crippen LogP contribution in [0, 0.1) is 5.92 Å². The van der Waals surface area contributed by atoms with E-state index in [-0.39, 0.29) is 6.04 Å². The van der Waals surface area contributed by atoms with E-state index in [1.54, 1.807) is 6.92 Å². The first kappa shape index (κ1) is 8.43. The average molecular weight is 131 g/mol. The number of rotatable bonds is 3. The molecule has 0 fully saturated rings. The normalized spacial score (nSPS) is 16.8. The second-order valence-corrected chi connectivity index (χ2v) is 2.20. The lowest BCUT2D eigenvalue weighted by Crippen LogP contribution is -2.32. The van der Waals surface area contributed by atoms with Gasteiger partial charge in [-0.25, -0.2) is 0 Å². The molecule has 0 aliphatic rings. The van der Waals surface area contributed by atoms with E-state index in [2.05, 4.69) is 0 Å². The van der Waals surface area contributed by atoms with E-state index < -0.39 is 11.9 Å². The number of nitrogens with two attached hydrogens (primary N) is 1. The van der Waals surface area contributed by atoms with Gasteiger partial charge in [0.15, 0.2) is 0 Å². The van der Waals surface area contributed by atoms with E-state index in [9.17, 15) is 4.79 Å². The summed E-state index contributed by atoms with van der Waals surface area (Å²) in [5, 5.41) is 8.40. The third kappa shape index (κ3) is 2.46. The molecule has 9 heavy (non-hydrogen) atoms. The van der Waals surface area contributed by atoms with Crippen molar-refractivity contribution in [3.8, 4) is 0 Å². The van der Waals surface area contributed by atoms with Crippen LogP contribution in [0.3, 0.4) is 0 Å². The number of carboxylic acid groups (broad SMARTS) is 1. The highest BCUT2D eigenvalue weighted by Gasteiger charge is 2.17. The van der Waals surface area contributed by atoms with Gasteiger partial charge in [0, 0.05) is 6.04 Å². The van der Waals surface area contributed by atoms with Gasteiger partial charge in [0.1, 0.15) is 0 Å². The van der Waals surface area contributed by atoms with Crippen molar-refractivity contribution in [1.29, 1.82) is 0 Å². The highest BCUT2D eigenvalue weighted by Crippen LogP contribution is 2.02. The molecular weight excluding hydrogens is 118 g/mol. The molecular formula is C6H13NO2. The number of carboxylic acids is 1. The molecule has 0 aliphatic carbocycles. The van der Waals surface area contributed by atoms with Gasteiger partial charge in [-0.2, -0.15) is 0 Å². The predicted octanol–water partition coefficient (Wildman–Crippen LogP) is 0.444. The van der Waals surface area contributed by atoms with Crippen LogP contribution < -0.4 is 5.73 Å². The zero-order valence-corrected chi connectivity index (χ0v) is 5.79. The maximum absolute atomic E-state index is 10.2. The minimum atomic E-state index is -0.815. The fraction of sp³-hybridized carbons (Fsp3) is 0.833. The molecule has 0 rings (SSSR count). The Labute approximate surface area is 54.9 Å². The molecule has 54 valence electrons. The Morgan fingerprint density at radius 2 is 2.22 bits per heavy atom. The summed E-state index contributed by atoms with van der Waals surface area (Å²) < 4.78 is 0. The van der Waals surface area contributed by atoms with Crippen molar-refractivity contribution in [3.05, 3.63) is 0 Å². The van der Waals surface area contributed by atoms with Crippen molar-refractivity contribution in [2.24, 2.45) is 11.7 Å². The largest absolute Gasteiger partial charge is 0.481 e. The molecule has 3 N–H and O–H groups in total. The minimum absolute atomic E-state index is 0.206. The molecule has 0 aromatic rings. The molecule has 0 amide bonds. The molecule has 0 aromatic heterocycles. The third-order valence-corrected chi connectivity index (χ3v) is 1.50. The summed E-state index contributed by atoms with van der Waals surface area (Å²) >= 11 is 0. The fourth-order valence-corrected chi connectivity index (χ4v) is 0.537. The van der Waals surface area contributed by atoms with Crippen molar-refractivity contribution in [2.45, 2.75) is 26.3 Å². The second-order valence-electron chi connectivity index (χ2n) is 2.20. The van der Waals surface area contributed by atoms with Gasteiger partial charge in [0.2, 0.25) is 0 Å². The SMILES string of the molecule is CC[C@H](N)[C@H](C)C(=O)O. The third-order valence-electron chi connectivity index (χ3n) is 1.50. The van der Waals surface area contributed by atoms with Crippen LogP contribution >= 0.6 is 0 Å². The maximum Gasteiger partial charge on any atom is 0.307 e. The Morgan fingerprint density at radius 1 is 1.78 bits per heavy atom. The Balaban J connectivity index is 3.72. The molecule has 0 heterocycles. The lowest BCUT2D eigenvalue weighted by atomic mass is 10.0. The number of hydrogen-bond acceptors (Lipinski definition) is 2. The maximum atomic E-state index is 10.2. The van der Waals surface area contributed by atoms with Crippen molar-refractivity contribution >= 4 is 5.97 Å². The topological polar surface area (TPSA) is 63.3 Å². The monoisotopic (exact) mass is 131 g/mol. The van der Waals surface area contributed by atoms with Crippen LogP contribution in [0.4, 0.5) is 0 Å². The molecule has 0 spiro atoms. The van der Waals surface area contributed by atoms with E-state index in [0.29, 0.717) is 6.42 Å². The van der Waals surface area contributed by atoms with Gasteiger partial charge >= 0.3 is 5.97 Å². The summed E-state index contributed by atoms with van der Waals surface area (Å²) in [5.74, 6) is -1.24. The molecule has 2 atom stereocenters. The number of hydrogen-bond donors (Lipinski definition) is 2. The summed E-state index contributed by atoms with van der Waals surface area (Å²) in [5.41, 5.74) is 5.44. The van der Waals surface area contributed by atoms with Crippen LogP contribution in [0.25, 0.3) is 0 Å². The predicted molar refractivity (Wildman–Crippen MR) is 35.1 cm³/mol. The van der Waals surface area contributed by atoms with Gasteiger partial charge in [0.25, 0.3) is 0 Å². The zero-order chi connectivity index (χ0) is 7.44. The van der Waals surface area contributed by atoms with E-state index >= 15 is 0 Å². The molecule has 3 nitrogen and oxygen atoms in total. The van der Waals surface area contributed by atoms with Crippen molar-refractivity contribution in [2.75, 3.05) is 0 Å². The van der Waals surface area contributed by atoms with Crippen LogP contribution in [0.5, 0.6) is 0 Å². The van der Waals surface area contributed by atoms with Gasteiger partial charge in [-0.05, 0) is 6.42 Å². The molecule has 3 heteroatoms. The molecule has 0 saturated heterocycles. The summed E-state index contributed by atoms with van der Waals surface area (Å²) in [6.07, 6.45) is 0.716. The smallest absolute Gasteiger partial charge is 0.307 e. The molecule has 0 unspecified atom stereocenters. The lowest BCUT2D eigenvalue weighted by Gasteiger charge is -2.12. The van der Waals surface area contributed by atoms with Gasteiger partial charge in [-0.1, -0.05) is 13.8 Å². The Morgan fingerprint density at radius 3 is 2.33 bits per heavy atom. The van der Waals surface area contributed by atoms with Crippen LogP contribution in [0.15, 0.2) is 0 Å². The zero-order valence-electron chi connectivity index (χ0n) is 5.79. The molecule has 0 aromatic carbocycles. The minimum Gasteiger partial charge on any atom is -0.481 e. The fourth-order valence-electron chi connectivity index (χ4n) is 0.537. The number of aliphatic carboxylic acids is 1. The first-order chi connectivity index (χ1) is 4.09. The molecule has 0 radical (unpaired) electrons. The molecule has 0 saturated carbocycles. The van der Waals surface area contributed by atoms with Crippen LogP contribution in [-0.4, -0.2) is 17.1 Å². The van der Waals surface area contributed by atoms with Gasteiger partial charge in [-0.3, -0.25) is 4.79 Å². The van der Waals surface area contributed by atoms with E-state index in [4.69, 9.17) is 10.8 Å². The Hall–Kier alpha value is -0.570. The van der Waals surface area contributed by atoms with E-state index in [0.717, 1.165) is 0 Å². The van der Waals surface area contributed by atoms with Crippen LogP contribution in [0.1, 0.15) is 20.3 Å².